The van der Waals surface area contributed by atoms with Gasteiger partial charge in [0.2, 0.25) is 0 Å². The number of aliphatic hydroxyl groups is 1. The van der Waals surface area contributed by atoms with Crippen molar-refractivity contribution in [1.82, 2.24) is 0 Å². The molecule has 0 aromatic carbocycles. The maximum absolute atomic E-state index is 11.7. The molecule has 0 radical (unpaired) electrons. The van der Waals surface area contributed by atoms with Gasteiger partial charge in [0.25, 0.3) is 0 Å². The number of rotatable bonds is 18. The molecule has 0 saturated heterocycles. The molecular weight excluding hydrogens is 284 g/mol. The SMILES string of the molecule is CCCCCCCCCCCCCCCC(=O)CCC(O)CC. The molecule has 0 amide bonds. The van der Waals surface area contributed by atoms with E-state index in [1.54, 1.807) is 0 Å². The number of hydrogen-bond donors (Lipinski definition) is 1. The van der Waals surface area contributed by atoms with Gasteiger partial charge in [0, 0.05) is 12.8 Å². The lowest BCUT2D eigenvalue weighted by molar-refractivity contribution is -0.119. The topological polar surface area (TPSA) is 37.3 Å². The van der Waals surface area contributed by atoms with Crippen molar-refractivity contribution in [2.75, 3.05) is 0 Å². The minimum absolute atomic E-state index is 0.286. The van der Waals surface area contributed by atoms with Crippen LogP contribution in [0.25, 0.3) is 0 Å². The standard InChI is InChI=1S/C21H42O2/c1-3-5-6-7-8-9-10-11-12-13-14-15-16-17-21(23)19-18-20(22)4-2/h20,22H,3-19H2,1-2H3. The zero-order valence-electron chi connectivity index (χ0n) is 16.0. The molecule has 0 aromatic heterocycles. The predicted molar refractivity (Wildman–Crippen MR) is 101 cm³/mol. The highest BCUT2D eigenvalue weighted by Crippen LogP contribution is 2.13. The average molecular weight is 327 g/mol. The van der Waals surface area contributed by atoms with Crippen molar-refractivity contribution in [3.63, 3.8) is 0 Å². The van der Waals surface area contributed by atoms with Crippen LogP contribution in [0.2, 0.25) is 0 Å². The summed E-state index contributed by atoms with van der Waals surface area (Å²) < 4.78 is 0. The van der Waals surface area contributed by atoms with Crippen LogP contribution in [0.15, 0.2) is 0 Å². The Hall–Kier alpha value is -0.370. The van der Waals surface area contributed by atoms with Crippen molar-refractivity contribution >= 4 is 5.78 Å². The van der Waals surface area contributed by atoms with Crippen LogP contribution in [0, 0.1) is 0 Å². The van der Waals surface area contributed by atoms with Gasteiger partial charge in [-0.05, 0) is 19.3 Å². The van der Waals surface area contributed by atoms with Crippen LogP contribution in [0.4, 0.5) is 0 Å². The molecule has 0 aliphatic heterocycles. The van der Waals surface area contributed by atoms with E-state index in [1.807, 2.05) is 6.92 Å². The van der Waals surface area contributed by atoms with Gasteiger partial charge in [-0.15, -0.1) is 0 Å². The lowest BCUT2D eigenvalue weighted by atomic mass is 10.0. The normalized spacial score (nSPS) is 12.5. The molecule has 0 fully saturated rings. The first-order valence-electron chi connectivity index (χ1n) is 10.4. The van der Waals surface area contributed by atoms with Crippen LogP contribution in [-0.2, 0) is 4.79 Å². The molecule has 0 aliphatic rings. The molecule has 0 rings (SSSR count). The molecule has 23 heavy (non-hydrogen) atoms. The van der Waals surface area contributed by atoms with E-state index in [4.69, 9.17) is 0 Å². The molecule has 0 aromatic rings. The molecule has 0 heterocycles. The average Bonchev–Trinajstić information content (AvgIpc) is 2.56. The quantitative estimate of drug-likeness (QED) is 0.288. The highest BCUT2D eigenvalue weighted by molar-refractivity contribution is 5.78. The zero-order chi connectivity index (χ0) is 17.2. The number of ketones is 1. The van der Waals surface area contributed by atoms with E-state index in [-0.39, 0.29) is 6.10 Å². The van der Waals surface area contributed by atoms with Crippen LogP contribution in [0.3, 0.4) is 0 Å². The fourth-order valence-corrected chi connectivity index (χ4v) is 3.00. The van der Waals surface area contributed by atoms with Gasteiger partial charge >= 0.3 is 0 Å². The molecule has 1 unspecified atom stereocenters. The maximum atomic E-state index is 11.7. The zero-order valence-corrected chi connectivity index (χ0v) is 16.0. The number of hydrogen-bond acceptors (Lipinski definition) is 2. The summed E-state index contributed by atoms with van der Waals surface area (Å²) in [5.74, 6) is 0.334. The van der Waals surface area contributed by atoms with Crippen molar-refractivity contribution in [2.24, 2.45) is 0 Å². The smallest absolute Gasteiger partial charge is 0.133 e. The summed E-state index contributed by atoms with van der Waals surface area (Å²) in [7, 11) is 0. The fraction of sp³-hybridized carbons (Fsp3) is 0.952. The van der Waals surface area contributed by atoms with E-state index in [2.05, 4.69) is 6.92 Å². The Morgan fingerprint density at radius 1 is 0.696 bits per heavy atom. The third kappa shape index (κ3) is 17.8. The minimum atomic E-state index is -0.286. The number of aliphatic hydroxyl groups excluding tert-OH is 1. The third-order valence-electron chi connectivity index (χ3n) is 4.79. The highest BCUT2D eigenvalue weighted by Gasteiger charge is 2.06. The Labute approximate surface area is 145 Å². The Balaban J connectivity index is 3.14. The number of Topliss-reactive ketones (excluding diaryl/α,β-unsaturated/α-hetero) is 1. The lowest BCUT2D eigenvalue weighted by Gasteiger charge is -2.06. The first kappa shape index (κ1) is 22.6. The van der Waals surface area contributed by atoms with Crippen molar-refractivity contribution < 1.29 is 9.90 Å². The minimum Gasteiger partial charge on any atom is -0.393 e. The number of carbonyl (C=O) groups excluding carboxylic acids is 1. The van der Waals surface area contributed by atoms with Gasteiger partial charge < -0.3 is 5.11 Å². The van der Waals surface area contributed by atoms with Crippen LogP contribution < -0.4 is 0 Å². The molecule has 1 N–H and O–H groups in total. The fourth-order valence-electron chi connectivity index (χ4n) is 3.00. The van der Waals surface area contributed by atoms with Crippen molar-refractivity contribution in [3.05, 3.63) is 0 Å². The van der Waals surface area contributed by atoms with Crippen LogP contribution >= 0.6 is 0 Å². The van der Waals surface area contributed by atoms with E-state index in [1.165, 1.54) is 77.0 Å². The van der Waals surface area contributed by atoms with E-state index in [9.17, 15) is 9.90 Å². The van der Waals surface area contributed by atoms with Gasteiger partial charge in [-0.2, -0.15) is 0 Å². The molecule has 2 heteroatoms. The first-order chi connectivity index (χ1) is 11.2. The summed E-state index contributed by atoms with van der Waals surface area (Å²) >= 11 is 0. The van der Waals surface area contributed by atoms with E-state index in [0.717, 1.165) is 12.8 Å². The van der Waals surface area contributed by atoms with Crippen LogP contribution in [0.5, 0.6) is 0 Å². The van der Waals surface area contributed by atoms with Crippen LogP contribution in [0.1, 0.15) is 123 Å². The number of carbonyl (C=O) groups is 1. The monoisotopic (exact) mass is 326 g/mol. The molecular formula is C21H42O2. The molecule has 0 spiro atoms. The first-order valence-corrected chi connectivity index (χ1v) is 10.4. The Morgan fingerprint density at radius 2 is 1.13 bits per heavy atom. The van der Waals surface area contributed by atoms with Crippen molar-refractivity contribution in [1.29, 1.82) is 0 Å². The van der Waals surface area contributed by atoms with Crippen molar-refractivity contribution in [2.45, 2.75) is 129 Å². The Kier molecular flexibility index (Phi) is 17.7. The Morgan fingerprint density at radius 3 is 1.57 bits per heavy atom. The molecule has 1 atom stereocenters. The molecule has 138 valence electrons. The van der Waals surface area contributed by atoms with Gasteiger partial charge in [0.15, 0.2) is 0 Å². The second-order valence-corrected chi connectivity index (χ2v) is 7.13. The summed E-state index contributed by atoms with van der Waals surface area (Å²) in [6.07, 6.45) is 19.8. The van der Waals surface area contributed by atoms with Gasteiger partial charge in [-0.3, -0.25) is 4.79 Å². The maximum Gasteiger partial charge on any atom is 0.133 e. The summed E-state index contributed by atoms with van der Waals surface area (Å²) in [5, 5.41) is 9.44. The summed E-state index contributed by atoms with van der Waals surface area (Å²) in [4.78, 5) is 11.7. The number of unbranched alkanes of at least 4 members (excludes halogenated alkanes) is 12. The lowest BCUT2D eigenvalue weighted by Crippen LogP contribution is -2.08. The highest BCUT2D eigenvalue weighted by atomic mass is 16.3. The molecule has 0 aliphatic carbocycles. The Bertz CT molecular complexity index is 250. The predicted octanol–water partition coefficient (Wildman–Crippen LogP) is 6.59. The third-order valence-corrected chi connectivity index (χ3v) is 4.79. The van der Waals surface area contributed by atoms with E-state index < -0.39 is 0 Å². The summed E-state index contributed by atoms with van der Waals surface area (Å²) in [6.45, 7) is 4.23. The largest absolute Gasteiger partial charge is 0.393 e. The van der Waals surface area contributed by atoms with Gasteiger partial charge in [-0.25, -0.2) is 0 Å². The van der Waals surface area contributed by atoms with Gasteiger partial charge in [0.1, 0.15) is 5.78 Å². The van der Waals surface area contributed by atoms with Gasteiger partial charge in [0.05, 0.1) is 6.10 Å². The summed E-state index contributed by atoms with van der Waals surface area (Å²) in [6, 6.07) is 0. The molecule has 0 bridgehead atoms. The summed E-state index contributed by atoms with van der Waals surface area (Å²) in [5.41, 5.74) is 0. The van der Waals surface area contributed by atoms with Gasteiger partial charge in [-0.1, -0.05) is 90.9 Å². The molecule has 0 saturated carbocycles. The second-order valence-electron chi connectivity index (χ2n) is 7.13. The molecule has 2 nitrogen and oxygen atoms in total. The van der Waals surface area contributed by atoms with E-state index in [0.29, 0.717) is 25.0 Å². The van der Waals surface area contributed by atoms with E-state index >= 15 is 0 Å². The second kappa shape index (κ2) is 18.0. The van der Waals surface area contributed by atoms with Crippen molar-refractivity contribution in [3.8, 4) is 0 Å². The van der Waals surface area contributed by atoms with Crippen LogP contribution in [-0.4, -0.2) is 17.0 Å².